The van der Waals surface area contributed by atoms with Crippen molar-refractivity contribution in [2.75, 3.05) is 4.90 Å². The van der Waals surface area contributed by atoms with Crippen molar-refractivity contribution in [3.05, 3.63) is 84.2 Å². The number of carbonyl (C=O) groups is 2. The number of hydrogen-bond acceptors (Lipinski definition) is 5. The third-order valence-corrected chi connectivity index (χ3v) is 6.20. The van der Waals surface area contributed by atoms with Crippen molar-refractivity contribution >= 4 is 28.5 Å². The summed E-state index contributed by atoms with van der Waals surface area (Å²) in [7, 11) is 0. The third kappa shape index (κ3) is 5.21. The fourth-order valence-electron chi connectivity index (χ4n) is 3.94. The molecule has 2 aromatic heterocycles. The average Bonchev–Trinajstić information content (AvgIpc) is 3.26. The van der Waals surface area contributed by atoms with E-state index in [4.69, 9.17) is 0 Å². The van der Waals surface area contributed by atoms with E-state index >= 15 is 0 Å². The van der Waals surface area contributed by atoms with Crippen LogP contribution in [0.1, 0.15) is 44.4 Å². The van der Waals surface area contributed by atoms with E-state index in [1.54, 1.807) is 28.0 Å². The molecule has 1 N–H and O–H groups in total. The number of benzene rings is 2. The number of nitrogens with one attached hydrogen (secondary N) is 1. The summed E-state index contributed by atoms with van der Waals surface area (Å²) < 4.78 is 1.57. The predicted molar refractivity (Wildman–Crippen MR) is 136 cm³/mol. The van der Waals surface area contributed by atoms with E-state index in [0.717, 1.165) is 17.5 Å². The predicted octanol–water partition coefficient (Wildman–Crippen LogP) is 4.21. The molecule has 1 atom stereocenters. The Bertz CT molecular complexity index is 1330. The maximum absolute atomic E-state index is 14.0. The standard InChI is InChI=1S/C27H30N6O2/c1-5-27(3,4)29-26(35)25(20-12-10-16-28-17-20)33(22-14-8-6-11-19(22)2)24(34)18-32-23-15-9-7-13-21(23)30-31-32/h6-17,25H,5,18H2,1-4H3,(H,29,35)/t25-/m1/s1. The van der Waals surface area contributed by atoms with Gasteiger partial charge in [-0.15, -0.1) is 5.10 Å². The van der Waals surface area contributed by atoms with Crippen molar-refractivity contribution < 1.29 is 9.59 Å². The van der Waals surface area contributed by atoms with Crippen molar-refractivity contribution in [1.29, 1.82) is 0 Å². The summed E-state index contributed by atoms with van der Waals surface area (Å²) in [5, 5.41) is 11.5. The zero-order valence-corrected chi connectivity index (χ0v) is 20.5. The minimum Gasteiger partial charge on any atom is -0.349 e. The molecule has 0 fully saturated rings. The molecule has 0 aliphatic heterocycles. The monoisotopic (exact) mass is 470 g/mol. The first-order chi connectivity index (χ1) is 16.8. The lowest BCUT2D eigenvalue weighted by atomic mass is 9.98. The van der Waals surface area contributed by atoms with Crippen molar-refractivity contribution in [3.63, 3.8) is 0 Å². The second-order valence-electron chi connectivity index (χ2n) is 9.20. The minimum absolute atomic E-state index is 0.0734. The lowest BCUT2D eigenvalue weighted by molar-refractivity contribution is -0.128. The molecule has 0 saturated heterocycles. The van der Waals surface area contributed by atoms with E-state index in [-0.39, 0.29) is 18.4 Å². The average molecular weight is 471 g/mol. The van der Waals surface area contributed by atoms with Gasteiger partial charge in [-0.25, -0.2) is 4.68 Å². The molecule has 4 rings (SSSR count). The molecule has 2 heterocycles. The molecular formula is C27H30N6O2. The summed E-state index contributed by atoms with van der Waals surface area (Å²) in [6.07, 6.45) is 4.02. The number of para-hydroxylation sites is 2. The molecule has 180 valence electrons. The number of amides is 2. The summed E-state index contributed by atoms with van der Waals surface area (Å²) in [6.45, 7) is 7.80. The molecule has 4 aromatic rings. The highest BCUT2D eigenvalue weighted by molar-refractivity contribution is 6.02. The van der Waals surface area contributed by atoms with Gasteiger partial charge in [-0.1, -0.05) is 48.5 Å². The van der Waals surface area contributed by atoms with Crippen LogP contribution in [-0.4, -0.2) is 37.3 Å². The van der Waals surface area contributed by atoms with Crippen LogP contribution in [0.25, 0.3) is 11.0 Å². The third-order valence-electron chi connectivity index (χ3n) is 6.20. The number of fused-ring (bicyclic) bond motifs is 1. The summed E-state index contributed by atoms with van der Waals surface area (Å²) in [6, 6.07) is 17.7. The zero-order valence-electron chi connectivity index (χ0n) is 20.5. The van der Waals surface area contributed by atoms with E-state index in [2.05, 4.69) is 20.6 Å². The number of pyridine rings is 1. The Morgan fingerprint density at radius 3 is 2.51 bits per heavy atom. The number of nitrogens with zero attached hydrogens (tertiary/aromatic N) is 5. The quantitative estimate of drug-likeness (QED) is 0.416. The van der Waals surface area contributed by atoms with Crippen molar-refractivity contribution in [2.24, 2.45) is 0 Å². The van der Waals surface area contributed by atoms with Gasteiger partial charge in [0.1, 0.15) is 18.1 Å². The van der Waals surface area contributed by atoms with Gasteiger partial charge in [0.15, 0.2) is 0 Å². The highest BCUT2D eigenvalue weighted by atomic mass is 16.2. The molecule has 0 radical (unpaired) electrons. The largest absolute Gasteiger partial charge is 0.349 e. The Balaban J connectivity index is 1.82. The van der Waals surface area contributed by atoms with E-state index in [1.807, 2.05) is 82.3 Å². The highest BCUT2D eigenvalue weighted by Crippen LogP contribution is 2.31. The molecule has 8 heteroatoms. The van der Waals surface area contributed by atoms with Gasteiger partial charge in [0.2, 0.25) is 11.8 Å². The van der Waals surface area contributed by atoms with Gasteiger partial charge >= 0.3 is 0 Å². The fraction of sp³-hybridized carbons (Fsp3) is 0.296. The molecule has 0 spiro atoms. The Morgan fingerprint density at radius 2 is 1.80 bits per heavy atom. The molecule has 0 unspecified atom stereocenters. The maximum atomic E-state index is 14.0. The molecule has 0 saturated carbocycles. The van der Waals surface area contributed by atoms with Crippen LogP contribution >= 0.6 is 0 Å². The molecular weight excluding hydrogens is 440 g/mol. The number of rotatable bonds is 8. The number of hydrogen-bond donors (Lipinski definition) is 1. The lowest BCUT2D eigenvalue weighted by Gasteiger charge is -2.35. The topological polar surface area (TPSA) is 93.0 Å². The lowest BCUT2D eigenvalue weighted by Crippen LogP contribution is -2.51. The Kier molecular flexibility index (Phi) is 6.91. The van der Waals surface area contributed by atoms with Gasteiger partial charge in [-0.05, 0) is 57.0 Å². The summed E-state index contributed by atoms with van der Waals surface area (Å²) in [5.41, 5.74) is 3.16. The number of aryl methyl sites for hydroxylation is 1. The Morgan fingerprint density at radius 1 is 1.06 bits per heavy atom. The molecule has 0 aliphatic carbocycles. The maximum Gasteiger partial charge on any atom is 0.249 e. The van der Waals surface area contributed by atoms with Gasteiger partial charge < -0.3 is 5.32 Å². The van der Waals surface area contributed by atoms with Crippen molar-refractivity contribution in [3.8, 4) is 0 Å². The van der Waals surface area contributed by atoms with Gasteiger partial charge in [-0.3, -0.25) is 19.5 Å². The number of anilines is 1. The smallest absolute Gasteiger partial charge is 0.249 e. The van der Waals surface area contributed by atoms with E-state index in [9.17, 15) is 9.59 Å². The van der Waals surface area contributed by atoms with E-state index < -0.39 is 11.6 Å². The van der Waals surface area contributed by atoms with Crippen LogP contribution < -0.4 is 10.2 Å². The number of carbonyl (C=O) groups excluding carboxylic acids is 2. The van der Waals surface area contributed by atoms with Crippen molar-refractivity contribution in [2.45, 2.75) is 52.2 Å². The van der Waals surface area contributed by atoms with Crippen LogP contribution in [0.4, 0.5) is 5.69 Å². The molecule has 0 aliphatic rings. The van der Waals surface area contributed by atoms with Gasteiger partial charge in [0, 0.05) is 29.2 Å². The van der Waals surface area contributed by atoms with Crippen LogP contribution in [0, 0.1) is 6.92 Å². The van der Waals surface area contributed by atoms with Crippen molar-refractivity contribution in [1.82, 2.24) is 25.3 Å². The van der Waals surface area contributed by atoms with E-state index in [1.165, 1.54) is 0 Å². The zero-order chi connectivity index (χ0) is 25.0. The molecule has 2 aromatic carbocycles. The molecule has 8 nitrogen and oxygen atoms in total. The normalized spacial score (nSPS) is 12.3. The summed E-state index contributed by atoms with van der Waals surface area (Å²) in [4.78, 5) is 33.6. The Hall–Kier alpha value is -4.07. The van der Waals surface area contributed by atoms with Crippen LogP contribution in [0.3, 0.4) is 0 Å². The second kappa shape index (κ2) is 10.0. The van der Waals surface area contributed by atoms with Crippen LogP contribution in [0.15, 0.2) is 73.1 Å². The second-order valence-corrected chi connectivity index (χ2v) is 9.20. The fourth-order valence-corrected chi connectivity index (χ4v) is 3.94. The highest BCUT2D eigenvalue weighted by Gasteiger charge is 2.36. The molecule has 35 heavy (non-hydrogen) atoms. The van der Waals surface area contributed by atoms with Gasteiger partial charge in [0.25, 0.3) is 0 Å². The Labute approximate surface area is 205 Å². The van der Waals surface area contributed by atoms with Crippen LogP contribution in [0.2, 0.25) is 0 Å². The first-order valence-electron chi connectivity index (χ1n) is 11.7. The van der Waals surface area contributed by atoms with Crippen LogP contribution in [0.5, 0.6) is 0 Å². The van der Waals surface area contributed by atoms with E-state index in [0.29, 0.717) is 16.8 Å². The number of aromatic nitrogens is 4. The summed E-state index contributed by atoms with van der Waals surface area (Å²) in [5.74, 6) is -0.557. The van der Waals surface area contributed by atoms with Gasteiger partial charge in [-0.2, -0.15) is 0 Å². The summed E-state index contributed by atoms with van der Waals surface area (Å²) >= 11 is 0. The minimum atomic E-state index is -0.919. The first-order valence-corrected chi connectivity index (χ1v) is 11.7. The van der Waals surface area contributed by atoms with Gasteiger partial charge in [0.05, 0.1) is 5.52 Å². The first kappa shape index (κ1) is 24.1. The SMILES string of the molecule is CCC(C)(C)NC(=O)[C@@H](c1cccnc1)N(C(=O)Cn1nnc2ccccc21)c1ccccc1C. The molecule has 2 amide bonds. The molecule has 0 bridgehead atoms. The van der Waals surface area contributed by atoms with Crippen LogP contribution in [-0.2, 0) is 16.1 Å².